The number of ketones is 1. The van der Waals surface area contributed by atoms with Crippen LogP contribution in [0.5, 0.6) is 5.88 Å². The number of nitrogens with zero attached hydrogens (tertiary/aromatic N) is 2. The molecule has 0 bridgehead atoms. The van der Waals surface area contributed by atoms with Gasteiger partial charge in [-0.2, -0.15) is 0 Å². The summed E-state index contributed by atoms with van der Waals surface area (Å²) in [7, 11) is 1.59. The molecule has 1 aromatic carbocycles. The number of fused-ring (bicyclic) bond motifs is 1. The van der Waals surface area contributed by atoms with E-state index in [2.05, 4.69) is 46.3 Å². The van der Waals surface area contributed by atoms with Gasteiger partial charge in [-0.3, -0.25) is 4.79 Å². The lowest BCUT2D eigenvalue weighted by Gasteiger charge is -2.26. The summed E-state index contributed by atoms with van der Waals surface area (Å²) in [6, 6.07) is 10.2. The van der Waals surface area contributed by atoms with Crippen molar-refractivity contribution in [1.82, 2.24) is 9.88 Å². The van der Waals surface area contributed by atoms with Gasteiger partial charge in [0, 0.05) is 43.9 Å². The average Bonchev–Trinajstić information content (AvgIpc) is 2.83. The molecular formula is C23H24N2O2. The molecule has 1 aromatic heterocycles. The maximum Gasteiger partial charge on any atom is 0.212 e. The van der Waals surface area contributed by atoms with Crippen molar-refractivity contribution >= 4 is 5.78 Å². The smallest absolute Gasteiger partial charge is 0.212 e. The standard InChI is InChI=1S/C23H24N2O2/c1-27-23-8-6-18(16-24-23)15-22(26)14-17-5-7-19-9-11-25(21-3-2-4-21)12-10-20(19)13-17/h2-8,13,16H,9-12,14-15H2,1H3. The Morgan fingerprint density at radius 3 is 2.48 bits per heavy atom. The lowest BCUT2D eigenvalue weighted by molar-refractivity contribution is -0.117. The summed E-state index contributed by atoms with van der Waals surface area (Å²) < 4.78 is 5.06. The minimum Gasteiger partial charge on any atom is -0.481 e. The van der Waals surface area contributed by atoms with Crippen LogP contribution >= 0.6 is 0 Å². The predicted molar refractivity (Wildman–Crippen MR) is 106 cm³/mol. The number of Topliss-reactive ketones (excluding diaryl/α,β-unsaturated/α-hetero) is 1. The Kier molecular flexibility index (Phi) is 5.05. The second kappa shape index (κ2) is 7.78. The van der Waals surface area contributed by atoms with Crippen molar-refractivity contribution in [1.29, 1.82) is 0 Å². The first-order valence-corrected chi connectivity index (χ1v) is 9.46. The van der Waals surface area contributed by atoms with Crippen molar-refractivity contribution in [2.75, 3.05) is 20.2 Å². The third-order valence-electron chi connectivity index (χ3n) is 5.28. The molecule has 4 heteroatoms. The van der Waals surface area contributed by atoms with E-state index in [9.17, 15) is 4.79 Å². The van der Waals surface area contributed by atoms with Crippen LogP contribution in [-0.4, -0.2) is 35.9 Å². The Morgan fingerprint density at radius 1 is 1.07 bits per heavy atom. The van der Waals surface area contributed by atoms with Crippen LogP contribution in [0.2, 0.25) is 0 Å². The summed E-state index contributed by atoms with van der Waals surface area (Å²) in [5.74, 6) is 0.779. The van der Waals surface area contributed by atoms with Crippen LogP contribution in [-0.2, 0) is 30.5 Å². The summed E-state index contributed by atoms with van der Waals surface area (Å²) in [4.78, 5) is 19.1. The van der Waals surface area contributed by atoms with Crippen molar-refractivity contribution in [2.45, 2.75) is 25.7 Å². The number of hydrogen-bond acceptors (Lipinski definition) is 4. The van der Waals surface area contributed by atoms with Gasteiger partial charge in [0.05, 0.1) is 7.11 Å². The molecular weight excluding hydrogens is 336 g/mol. The summed E-state index contributed by atoms with van der Waals surface area (Å²) in [6.45, 7) is 2.10. The number of hydrogen-bond donors (Lipinski definition) is 0. The molecule has 0 spiro atoms. The van der Waals surface area contributed by atoms with Crippen LogP contribution in [0.25, 0.3) is 0 Å². The van der Waals surface area contributed by atoms with E-state index in [1.54, 1.807) is 19.4 Å². The highest BCUT2D eigenvalue weighted by Crippen LogP contribution is 2.23. The van der Waals surface area contributed by atoms with E-state index in [0.717, 1.165) is 37.1 Å². The van der Waals surface area contributed by atoms with Gasteiger partial charge < -0.3 is 9.64 Å². The van der Waals surface area contributed by atoms with Gasteiger partial charge >= 0.3 is 0 Å². The number of allylic oxidation sites excluding steroid dienone is 3. The normalized spacial score (nSPS) is 15.4. The fraction of sp³-hybridized carbons (Fsp3) is 0.304. The number of carbonyl (C=O) groups is 1. The largest absolute Gasteiger partial charge is 0.481 e. The second-order valence-corrected chi connectivity index (χ2v) is 7.14. The van der Waals surface area contributed by atoms with Gasteiger partial charge in [0.1, 0.15) is 5.78 Å². The van der Waals surface area contributed by atoms with Crippen LogP contribution in [0.4, 0.5) is 0 Å². The number of methoxy groups -OCH3 is 1. The zero-order chi connectivity index (χ0) is 18.6. The molecule has 1 aliphatic carbocycles. The van der Waals surface area contributed by atoms with E-state index >= 15 is 0 Å². The fourth-order valence-electron chi connectivity index (χ4n) is 3.69. The van der Waals surface area contributed by atoms with E-state index in [-0.39, 0.29) is 5.78 Å². The molecule has 0 N–H and O–H groups in total. The molecule has 138 valence electrons. The Balaban J connectivity index is 1.38. The van der Waals surface area contributed by atoms with Crippen molar-refractivity contribution in [3.8, 4) is 5.88 Å². The Morgan fingerprint density at radius 2 is 1.81 bits per heavy atom. The van der Waals surface area contributed by atoms with E-state index in [4.69, 9.17) is 4.74 Å². The van der Waals surface area contributed by atoms with Gasteiger partial charge in [0.15, 0.2) is 0 Å². The average molecular weight is 360 g/mol. The monoisotopic (exact) mass is 360 g/mol. The van der Waals surface area contributed by atoms with Crippen LogP contribution < -0.4 is 4.74 Å². The molecule has 4 nitrogen and oxygen atoms in total. The lowest BCUT2D eigenvalue weighted by atomic mass is 9.96. The third kappa shape index (κ3) is 4.11. The van der Waals surface area contributed by atoms with Crippen LogP contribution in [0.15, 0.2) is 60.5 Å². The minimum atomic E-state index is 0.210. The number of rotatable bonds is 6. The van der Waals surface area contributed by atoms with E-state index < -0.39 is 0 Å². The Hall–Kier alpha value is -2.88. The lowest BCUT2D eigenvalue weighted by Crippen LogP contribution is -2.26. The Bertz CT molecular complexity index is 897. The van der Waals surface area contributed by atoms with Crippen molar-refractivity contribution in [3.05, 3.63) is 82.7 Å². The highest BCUT2D eigenvalue weighted by Gasteiger charge is 2.17. The molecule has 27 heavy (non-hydrogen) atoms. The molecule has 4 rings (SSSR count). The number of carbonyl (C=O) groups excluding carboxylic acids is 1. The van der Waals surface area contributed by atoms with Crippen molar-refractivity contribution in [2.24, 2.45) is 0 Å². The Labute approximate surface area is 160 Å². The molecule has 0 atom stereocenters. The van der Waals surface area contributed by atoms with E-state index in [1.165, 1.54) is 16.8 Å². The van der Waals surface area contributed by atoms with Crippen molar-refractivity contribution < 1.29 is 9.53 Å². The summed E-state index contributed by atoms with van der Waals surface area (Å²) >= 11 is 0. The highest BCUT2D eigenvalue weighted by molar-refractivity contribution is 5.83. The third-order valence-corrected chi connectivity index (χ3v) is 5.28. The predicted octanol–water partition coefficient (Wildman–Crippen LogP) is 3.30. The van der Waals surface area contributed by atoms with Crippen LogP contribution in [0, 0.1) is 0 Å². The maximum atomic E-state index is 12.5. The molecule has 2 aromatic rings. The molecule has 0 amide bonds. The van der Waals surface area contributed by atoms with Gasteiger partial charge in [0.25, 0.3) is 0 Å². The molecule has 0 fully saturated rings. The van der Waals surface area contributed by atoms with Crippen molar-refractivity contribution in [3.63, 3.8) is 0 Å². The number of pyridine rings is 1. The second-order valence-electron chi connectivity index (χ2n) is 7.14. The fourth-order valence-corrected chi connectivity index (χ4v) is 3.69. The first-order chi connectivity index (χ1) is 13.2. The van der Waals surface area contributed by atoms with E-state index in [1.807, 2.05) is 6.07 Å². The number of ether oxygens (including phenoxy) is 1. The summed E-state index contributed by atoms with van der Waals surface area (Å²) in [5.41, 5.74) is 6.17. The summed E-state index contributed by atoms with van der Waals surface area (Å²) in [5, 5.41) is 0. The SMILES string of the molecule is COc1ccc(CC(=O)Cc2ccc3c(c2)CCN(C2=CC=C2)CC3)cn1. The van der Waals surface area contributed by atoms with Crippen LogP contribution in [0.1, 0.15) is 22.3 Å². The topological polar surface area (TPSA) is 42.4 Å². The molecule has 2 heterocycles. The molecule has 0 unspecified atom stereocenters. The summed E-state index contributed by atoms with van der Waals surface area (Å²) in [6.07, 6.45) is 11.1. The van der Waals surface area contributed by atoms with Crippen LogP contribution in [0.3, 0.4) is 0 Å². The molecule has 1 aliphatic heterocycles. The van der Waals surface area contributed by atoms with Gasteiger partial charge in [-0.25, -0.2) is 4.98 Å². The molecule has 2 aliphatic rings. The van der Waals surface area contributed by atoms with Gasteiger partial charge in [-0.1, -0.05) is 30.3 Å². The highest BCUT2D eigenvalue weighted by atomic mass is 16.5. The van der Waals surface area contributed by atoms with Gasteiger partial charge in [-0.15, -0.1) is 0 Å². The molecule has 0 radical (unpaired) electrons. The molecule has 0 saturated heterocycles. The first-order valence-electron chi connectivity index (χ1n) is 9.46. The maximum absolute atomic E-state index is 12.5. The molecule has 0 saturated carbocycles. The number of aromatic nitrogens is 1. The number of benzene rings is 1. The van der Waals surface area contributed by atoms with Gasteiger partial charge in [0.2, 0.25) is 5.88 Å². The van der Waals surface area contributed by atoms with E-state index in [0.29, 0.717) is 18.7 Å². The minimum absolute atomic E-state index is 0.210. The van der Waals surface area contributed by atoms with Gasteiger partial charge in [-0.05, 0) is 47.2 Å². The zero-order valence-corrected chi connectivity index (χ0v) is 15.6. The first kappa shape index (κ1) is 17.5. The zero-order valence-electron chi connectivity index (χ0n) is 15.6. The quantitative estimate of drug-likeness (QED) is 0.793.